The van der Waals surface area contributed by atoms with Gasteiger partial charge in [-0.05, 0) is 25.1 Å². The minimum absolute atomic E-state index is 0.592. The van der Waals surface area contributed by atoms with Crippen molar-refractivity contribution in [2.75, 3.05) is 13.6 Å². The van der Waals surface area contributed by atoms with Crippen molar-refractivity contribution in [1.29, 1.82) is 0 Å². The van der Waals surface area contributed by atoms with Crippen molar-refractivity contribution in [3.63, 3.8) is 0 Å². The molecule has 3 aromatic heterocycles. The van der Waals surface area contributed by atoms with Gasteiger partial charge in [0.1, 0.15) is 17.0 Å². The van der Waals surface area contributed by atoms with Crippen molar-refractivity contribution in [3.05, 3.63) is 71.9 Å². The number of aromatic nitrogens is 2. The van der Waals surface area contributed by atoms with Gasteiger partial charge in [0.15, 0.2) is 5.96 Å². The van der Waals surface area contributed by atoms with Crippen LogP contribution < -0.4 is 10.6 Å². The van der Waals surface area contributed by atoms with Gasteiger partial charge >= 0.3 is 0 Å². The van der Waals surface area contributed by atoms with Gasteiger partial charge in [-0.3, -0.25) is 4.99 Å². The summed E-state index contributed by atoms with van der Waals surface area (Å²) < 4.78 is 7.98. The van der Waals surface area contributed by atoms with Gasteiger partial charge in [0, 0.05) is 43.4 Å². The summed E-state index contributed by atoms with van der Waals surface area (Å²) in [5, 5.41) is 7.81. The number of benzene rings is 1. The molecule has 27 heavy (non-hydrogen) atoms. The normalized spacial score (nSPS) is 12.0. The minimum atomic E-state index is 0.592. The predicted molar refractivity (Wildman–Crippen MR) is 108 cm³/mol. The highest BCUT2D eigenvalue weighted by Crippen LogP contribution is 2.24. The van der Waals surface area contributed by atoms with E-state index in [2.05, 4.69) is 39.8 Å². The van der Waals surface area contributed by atoms with Crippen molar-refractivity contribution in [2.45, 2.75) is 19.9 Å². The van der Waals surface area contributed by atoms with Crippen LogP contribution in [0.2, 0.25) is 0 Å². The quantitative estimate of drug-likeness (QED) is 0.423. The molecule has 1 aromatic carbocycles. The molecular weight excluding hydrogens is 338 g/mol. The van der Waals surface area contributed by atoms with Gasteiger partial charge in [0.25, 0.3) is 0 Å². The number of rotatable bonds is 5. The summed E-state index contributed by atoms with van der Waals surface area (Å²) >= 11 is 0. The van der Waals surface area contributed by atoms with E-state index in [0.717, 1.165) is 47.0 Å². The number of fused-ring (bicyclic) bond motifs is 2. The molecular formula is C21H23N5O. The lowest BCUT2D eigenvalue weighted by atomic mass is 10.1. The van der Waals surface area contributed by atoms with Gasteiger partial charge in [-0.15, -0.1) is 0 Å². The zero-order chi connectivity index (χ0) is 18.6. The highest BCUT2D eigenvalue weighted by Gasteiger charge is 2.10. The Hall–Kier alpha value is -3.28. The largest absolute Gasteiger partial charge is 0.459 e. The molecule has 0 aliphatic rings. The third kappa shape index (κ3) is 3.65. The molecule has 0 aliphatic heterocycles. The Morgan fingerprint density at radius 1 is 1.15 bits per heavy atom. The van der Waals surface area contributed by atoms with Gasteiger partial charge in [-0.25, -0.2) is 4.98 Å². The molecule has 0 amide bonds. The minimum Gasteiger partial charge on any atom is -0.459 e. The van der Waals surface area contributed by atoms with E-state index in [1.807, 2.05) is 47.0 Å². The number of imidazole rings is 1. The summed E-state index contributed by atoms with van der Waals surface area (Å²) in [6, 6.07) is 14.1. The molecule has 3 heterocycles. The number of aryl methyl sites for hydroxylation is 1. The Morgan fingerprint density at radius 3 is 2.81 bits per heavy atom. The maximum absolute atomic E-state index is 5.94. The molecule has 0 radical (unpaired) electrons. The van der Waals surface area contributed by atoms with Gasteiger partial charge in [-0.1, -0.05) is 24.3 Å². The Labute approximate surface area is 157 Å². The molecule has 4 rings (SSSR count). The monoisotopic (exact) mass is 361 g/mol. The molecule has 0 saturated carbocycles. The number of guanidine groups is 1. The highest BCUT2D eigenvalue weighted by molar-refractivity contribution is 5.82. The van der Waals surface area contributed by atoms with E-state index < -0.39 is 0 Å². The lowest BCUT2D eigenvalue weighted by Crippen LogP contribution is -2.37. The molecule has 0 atom stereocenters. The van der Waals surface area contributed by atoms with Crippen LogP contribution in [0.5, 0.6) is 0 Å². The molecule has 4 aromatic rings. The fourth-order valence-corrected chi connectivity index (χ4v) is 3.19. The molecule has 0 bridgehead atoms. The molecule has 138 valence electrons. The number of para-hydroxylation sites is 1. The lowest BCUT2D eigenvalue weighted by molar-refractivity contribution is 0.534. The second-order valence-corrected chi connectivity index (χ2v) is 6.45. The Balaban J connectivity index is 1.33. The van der Waals surface area contributed by atoms with Crippen LogP contribution in [-0.2, 0) is 13.0 Å². The number of nitrogens with zero attached hydrogens (tertiary/aromatic N) is 3. The Bertz CT molecular complexity index is 1060. The summed E-state index contributed by atoms with van der Waals surface area (Å²) in [6.45, 7) is 3.43. The van der Waals surface area contributed by atoms with Gasteiger partial charge in [0.05, 0.1) is 12.2 Å². The van der Waals surface area contributed by atoms with Crippen LogP contribution in [0.3, 0.4) is 0 Å². The highest BCUT2D eigenvalue weighted by atomic mass is 16.3. The molecule has 6 nitrogen and oxygen atoms in total. The topological polar surface area (TPSA) is 66.9 Å². The number of furan rings is 1. The fraction of sp³-hybridized carbons (Fsp3) is 0.238. The van der Waals surface area contributed by atoms with Crippen molar-refractivity contribution in [2.24, 2.45) is 4.99 Å². The predicted octanol–water partition coefficient (Wildman–Crippen LogP) is 3.30. The molecule has 0 spiro atoms. The zero-order valence-corrected chi connectivity index (χ0v) is 15.6. The van der Waals surface area contributed by atoms with Crippen LogP contribution in [0.1, 0.15) is 17.0 Å². The van der Waals surface area contributed by atoms with Crippen molar-refractivity contribution in [1.82, 2.24) is 20.0 Å². The third-order valence-corrected chi connectivity index (χ3v) is 4.67. The summed E-state index contributed by atoms with van der Waals surface area (Å²) in [6.07, 6.45) is 4.90. The van der Waals surface area contributed by atoms with Crippen LogP contribution in [0, 0.1) is 6.92 Å². The first-order valence-electron chi connectivity index (χ1n) is 9.09. The van der Waals surface area contributed by atoms with Crippen molar-refractivity contribution < 1.29 is 4.42 Å². The van der Waals surface area contributed by atoms with Gasteiger partial charge < -0.3 is 19.5 Å². The molecule has 0 saturated heterocycles. The first kappa shape index (κ1) is 17.1. The van der Waals surface area contributed by atoms with Crippen LogP contribution in [-0.4, -0.2) is 28.9 Å². The fourth-order valence-electron chi connectivity index (χ4n) is 3.19. The van der Waals surface area contributed by atoms with E-state index >= 15 is 0 Å². The zero-order valence-electron chi connectivity index (χ0n) is 15.6. The molecule has 0 aliphatic carbocycles. The van der Waals surface area contributed by atoms with E-state index in [-0.39, 0.29) is 0 Å². The smallest absolute Gasteiger partial charge is 0.191 e. The molecule has 0 unspecified atom stereocenters. The van der Waals surface area contributed by atoms with Crippen molar-refractivity contribution >= 4 is 22.6 Å². The van der Waals surface area contributed by atoms with Crippen molar-refractivity contribution in [3.8, 4) is 0 Å². The number of nitrogens with one attached hydrogen (secondary N) is 2. The summed E-state index contributed by atoms with van der Waals surface area (Å²) in [7, 11) is 1.77. The van der Waals surface area contributed by atoms with Crippen LogP contribution in [0.15, 0.2) is 64.3 Å². The first-order chi connectivity index (χ1) is 13.2. The van der Waals surface area contributed by atoms with E-state index in [0.29, 0.717) is 6.54 Å². The SMILES string of the molecule is CN=C(NCCc1cn2ccccc2n1)NCc1oc2ccccc2c1C. The van der Waals surface area contributed by atoms with Crippen LogP contribution in [0.4, 0.5) is 0 Å². The maximum Gasteiger partial charge on any atom is 0.191 e. The number of aliphatic imine (C=N–C) groups is 1. The average molecular weight is 361 g/mol. The van der Waals surface area contributed by atoms with Crippen LogP contribution >= 0.6 is 0 Å². The van der Waals surface area contributed by atoms with Gasteiger partial charge in [-0.2, -0.15) is 0 Å². The number of hydrogen-bond acceptors (Lipinski definition) is 3. The lowest BCUT2D eigenvalue weighted by Gasteiger charge is -2.10. The average Bonchev–Trinajstić information content (AvgIpc) is 3.25. The van der Waals surface area contributed by atoms with E-state index in [4.69, 9.17) is 4.42 Å². The Kier molecular flexibility index (Phi) is 4.78. The third-order valence-electron chi connectivity index (χ3n) is 4.67. The second-order valence-electron chi connectivity index (χ2n) is 6.45. The maximum atomic E-state index is 5.94. The van der Waals surface area contributed by atoms with E-state index in [1.165, 1.54) is 5.56 Å². The summed E-state index contributed by atoms with van der Waals surface area (Å²) in [4.78, 5) is 8.90. The molecule has 2 N–H and O–H groups in total. The second kappa shape index (κ2) is 7.53. The number of pyridine rings is 1. The number of hydrogen-bond donors (Lipinski definition) is 2. The Morgan fingerprint density at radius 2 is 2.00 bits per heavy atom. The van der Waals surface area contributed by atoms with E-state index in [1.54, 1.807) is 7.05 Å². The molecule has 6 heteroatoms. The van der Waals surface area contributed by atoms with Crippen LogP contribution in [0.25, 0.3) is 16.6 Å². The molecule has 0 fully saturated rings. The summed E-state index contributed by atoms with van der Waals surface area (Å²) in [5.41, 5.74) is 4.10. The standard InChI is InChI=1S/C21H23N5O/c1-15-17-7-3-4-8-18(17)27-19(15)13-24-21(22-2)23-11-10-16-14-26-12-6-5-9-20(26)25-16/h3-9,12,14H,10-11,13H2,1-2H3,(H2,22,23,24). The van der Waals surface area contributed by atoms with Gasteiger partial charge in [0.2, 0.25) is 0 Å². The van der Waals surface area contributed by atoms with E-state index in [9.17, 15) is 0 Å². The first-order valence-corrected chi connectivity index (χ1v) is 9.09. The summed E-state index contributed by atoms with van der Waals surface area (Å²) in [5.74, 6) is 1.68.